The van der Waals surface area contributed by atoms with E-state index in [0.29, 0.717) is 0 Å². The summed E-state index contributed by atoms with van der Waals surface area (Å²) >= 11 is 0. The maximum atomic E-state index is 5.87. The highest BCUT2D eigenvalue weighted by atomic mass is 14.8. The van der Waals surface area contributed by atoms with Crippen molar-refractivity contribution in [1.82, 2.24) is 0 Å². The average Bonchev–Trinajstić information content (AvgIpc) is 2.09. The highest BCUT2D eigenvalue weighted by molar-refractivity contribution is 5.85. The number of nitrogens with two attached hydrogens (primary N) is 1. The first kappa shape index (κ1) is 9.04. The van der Waals surface area contributed by atoms with Crippen molar-refractivity contribution in [3.63, 3.8) is 0 Å². The van der Waals surface area contributed by atoms with E-state index in [2.05, 4.69) is 11.9 Å². The molecule has 1 heterocycles. The van der Waals surface area contributed by atoms with Crippen molar-refractivity contribution in [2.24, 2.45) is 10.7 Å². The predicted molar refractivity (Wildman–Crippen MR) is 53.0 cm³/mol. The first-order valence-electron chi connectivity index (χ1n) is 4.33. The fraction of sp³-hybridized carbons (Fsp3) is 0.500. The van der Waals surface area contributed by atoms with Gasteiger partial charge >= 0.3 is 0 Å². The third-order valence-electron chi connectivity index (χ3n) is 2.04. The zero-order valence-corrected chi connectivity index (χ0v) is 8.02. The summed E-state index contributed by atoms with van der Waals surface area (Å²) < 4.78 is 0. The number of aliphatic imine (C=N–C) groups is 1. The van der Waals surface area contributed by atoms with Crippen molar-refractivity contribution in [1.29, 1.82) is 0 Å². The van der Waals surface area contributed by atoms with E-state index in [1.54, 1.807) is 0 Å². The van der Waals surface area contributed by atoms with Gasteiger partial charge in [0.25, 0.3) is 0 Å². The molecule has 0 aromatic rings. The van der Waals surface area contributed by atoms with Crippen molar-refractivity contribution in [3.05, 3.63) is 23.0 Å². The third kappa shape index (κ3) is 1.97. The third-order valence-corrected chi connectivity index (χ3v) is 2.04. The maximum Gasteiger partial charge on any atom is 0.0392 e. The molecule has 0 fully saturated rings. The normalized spacial score (nSPS) is 18.6. The van der Waals surface area contributed by atoms with E-state index in [-0.39, 0.29) is 0 Å². The Morgan fingerprint density at radius 1 is 1.50 bits per heavy atom. The van der Waals surface area contributed by atoms with Gasteiger partial charge in [-0.3, -0.25) is 4.99 Å². The minimum absolute atomic E-state index is 0.899. The minimum atomic E-state index is 0.899. The molecule has 2 nitrogen and oxygen atoms in total. The molecule has 2 heteroatoms. The van der Waals surface area contributed by atoms with Gasteiger partial charge in [0, 0.05) is 23.5 Å². The van der Waals surface area contributed by atoms with Gasteiger partial charge in [0.05, 0.1) is 0 Å². The largest absolute Gasteiger partial charge is 0.399 e. The van der Waals surface area contributed by atoms with Crippen molar-refractivity contribution in [3.8, 4) is 0 Å². The molecule has 12 heavy (non-hydrogen) atoms. The maximum absolute atomic E-state index is 5.87. The van der Waals surface area contributed by atoms with E-state index in [0.717, 1.165) is 29.9 Å². The second kappa shape index (κ2) is 3.57. The van der Waals surface area contributed by atoms with Crippen LogP contribution >= 0.6 is 0 Å². The summed E-state index contributed by atoms with van der Waals surface area (Å²) in [6.07, 6.45) is 3.90. The minimum Gasteiger partial charge on any atom is -0.399 e. The molecule has 0 unspecified atom stereocenters. The Morgan fingerprint density at radius 2 is 2.17 bits per heavy atom. The molecule has 0 saturated carbocycles. The van der Waals surface area contributed by atoms with Crippen LogP contribution < -0.4 is 5.73 Å². The Kier molecular flexibility index (Phi) is 2.69. The molecular formula is C10H16N2. The SMILES string of the molecule is CCC1=C(N)C=C(C)N=C(C)C1. The first-order valence-corrected chi connectivity index (χ1v) is 4.33. The number of hydrogen-bond donors (Lipinski definition) is 1. The summed E-state index contributed by atoms with van der Waals surface area (Å²) in [5.41, 5.74) is 10.2. The average molecular weight is 164 g/mol. The lowest BCUT2D eigenvalue weighted by molar-refractivity contribution is 1.02. The molecule has 0 aromatic carbocycles. The Hall–Kier alpha value is -1.05. The highest BCUT2D eigenvalue weighted by Crippen LogP contribution is 2.17. The van der Waals surface area contributed by atoms with Gasteiger partial charge in [-0.15, -0.1) is 0 Å². The van der Waals surface area contributed by atoms with Crippen molar-refractivity contribution in [2.45, 2.75) is 33.6 Å². The van der Waals surface area contributed by atoms with Crippen LogP contribution in [0, 0.1) is 0 Å². The van der Waals surface area contributed by atoms with Gasteiger partial charge in [0.2, 0.25) is 0 Å². The zero-order valence-electron chi connectivity index (χ0n) is 8.02. The van der Waals surface area contributed by atoms with Crippen LogP contribution in [0.25, 0.3) is 0 Å². The second-order valence-electron chi connectivity index (χ2n) is 3.22. The lowest BCUT2D eigenvalue weighted by Crippen LogP contribution is -2.01. The molecule has 66 valence electrons. The molecule has 0 atom stereocenters. The van der Waals surface area contributed by atoms with Gasteiger partial charge in [-0.2, -0.15) is 0 Å². The second-order valence-corrected chi connectivity index (χ2v) is 3.22. The summed E-state index contributed by atoms with van der Waals surface area (Å²) in [6.45, 7) is 6.16. The van der Waals surface area contributed by atoms with E-state index < -0.39 is 0 Å². The van der Waals surface area contributed by atoms with Gasteiger partial charge in [0.1, 0.15) is 0 Å². The van der Waals surface area contributed by atoms with Gasteiger partial charge in [0.15, 0.2) is 0 Å². The fourth-order valence-corrected chi connectivity index (χ4v) is 1.44. The lowest BCUT2D eigenvalue weighted by Gasteiger charge is -2.03. The molecule has 0 aliphatic carbocycles. The highest BCUT2D eigenvalue weighted by Gasteiger charge is 2.06. The zero-order chi connectivity index (χ0) is 9.14. The van der Waals surface area contributed by atoms with Gasteiger partial charge in [-0.25, -0.2) is 0 Å². The van der Waals surface area contributed by atoms with E-state index in [9.17, 15) is 0 Å². The van der Waals surface area contributed by atoms with Crippen LogP contribution in [0.5, 0.6) is 0 Å². The van der Waals surface area contributed by atoms with Crippen LogP contribution in [0.2, 0.25) is 0 Å². The molecule has 0 radical (unpaired) electrons. The predicted octanol–water partition coefficient (Wildman–Crippen LogP) is 2.38. The molecular weight excluding hydrogens is 148 g/mol. The van der Waals surface area contributed by atoms with E-state index in [1.807, 2.05) is 19.9 Å². The van der Waals surface area contributed by atoms with E-state index in [1.165, 1.54) is 5.57 Å². The lowest BCUT2D eigenvalue weighted by atomic mass is 10.1. The number of hydrogen-bond acceptors (Lipinski definition) is 2. The van der Waals surface area contributed by atoms with Gasteiger partial charge < -0.3 is 5.73 Å². The standard InChI is InChI=1S/C10H16N2/c1-4-9-5-7(2)12-8(3)6-10(9)11/h6H,4-5,11H2,1-3H3. The molecule has 0 spiro atoms. The Morgan fingerprint density at radius 3 is 2.75 bits per heavy atom. The first-order chi connectivity index (χ1) is 5.63. The quantitative estimate of drug-likeness (QED) is 0.635. The van der Waals surface area contributed by atoms with E-state index in [4.69, 9.17) is 5.73 Å². The summed E-state index contributed by atoms with van der Waals surface area (Å²) in [7, 11) is 0. The monoisotopic (exact) mass is 164 g/mol. The van der Waals surface area contributed by atoms with Crippen LogP contribution in [0.3, 0.4) is 0 Å². The van der Waals surface area contributed by atoms with Crippen LogP contribution in [-0.2, 0) is 0 Å². The van der Waals surface area contributed by atoms with Crippen molar-refractivity contribution < 1.29 is 0 Å². The summed E-state index contributed by atoms with van der Waals surface area (Å²) in [5.74, 6) is 0. The van der Waals surface area contributed by atoms with Gasteiger partial charge in [-0.05, 0) is 31.9 Å². The molecule has 1 rings (SSSR count). The van der Waals surface area contributed by atoms with E-state index >= 15 is 0 Å². The van der Waals surface area contributed by atoms with Crippen molar-refractivity contribution in [2.75, 3.05) is 0 Å². The van der Waals surface area contributed by atoms with Crippen molar-refractivity contribution >= 4 is 5.71 Å². The summed E-state index contributed by atoms with van der Waals surface area (Å²) in [6, 6.07) is 0. The fourth-order valence-electron chi connectivity index (χ4n) is 1.44. The molecule has 0 aromatic heterocycles. The molecule has 2 N–H and O–H groups in total. The molecule has 1 aliphatic rings. The number of nitrogens with zero attached hydrogens (tertiary/aromatic N) is 1. The summed E-state index contributed by atoms with van der Waals surface area (Å²) in [5, 5.41) is 0. The molecule has 0 saturated heterocycles. The Labute approximate surface area is 73.9 Å². The Balaban J connectivity index is 3.02. The molecule has 1 aliphatic heterocycles. The van der Waals surface area contributed by atoms with Crippen LogP contribution in [-0.4, -0.2) is 5.71 Å². The van der Waals surface area contributed by atoms with Gasteiger partial charge in [-0.1, -0.05) is 6.92 Å². The molecule has 0 amide bonds. The molecule has 0 bridgehead atoms. The Bertz CT molecular complexity index is 270. The number of rotatable bonds is 1. The topological polar surface area (TPSA) is 38.4 Å². The van der Waals surface area contributed by atoms with Crippen LogP contribution in [0.1, 0.15) is 33.6 Å². The van der Waals surface area contributed by atoms with Crippen LogP contribution in [0.4, 0.5) is 0 Å². The summed E-state index contributed by atoms with van der Waals surface area (Å²) in [4.78, 5) is 4.38. The number of allylic oxidation sites excluding steroid dienone is 3. The van der Waals surface area contributed by atoms with Crippen LogP contribution in [0.15, 0.2) is 28.0 Å². The smallest absolute Gasteiger partial charge is 0.0392 e.